The molecule has 1 N–H and O–H groups in total. The van der Waals surface area contributed by atoms with Crippen molar-refractivity contribution in [2.75, 3.05) is 26.7 Å². The van der Waals surface area contributed by atoms with E-state index in [1.165, 1.54) is 5.57 Å². The van der Waals surface area contributed by atoms with Crippen LogP contribution in [0.1, 0.15) is 20.8 Å². The molecule has 0 saturated heterocycles. The van der Waals surface area contributed by atoms with E-state index >= 15 is 0 Å². The molecular weight excluding hydrogens is 148 g/mol. The molecule has 0 spiro atoms. The molecule has 2 nitrogen and oxygen atoms in total. The Balaban J connectivity index is 3.25. The Hall–Kier alpha value is -0.340. The third kappa shape index (κ3) is 6.38. The summed E-state index contributed by atoms with van der Waals surface area (Å²) in [6.45, 7) is 13.4. The van der Waals surface area contributed by atoms with Crippen molar-refractivity contribution in [3.63, 3.8) is 0 Å². The number of likely N-dealkylation sites (N-methyl/N-ethyl adjacent to an activating group) is 1. The maximum absolute atomic E-state index is 3.83. The molecule has 0 aromatic rings. The van der Waals surface area contributed by atoms with Crippen LogP contribution in [0.25, 0.3) is 0 Å². The van der Waals surface area contributed by atoms with Crippen LogP contribution in [0.15, 0.2) is 12.2 Å². The van der Waals surface area contributed by atoms with Crippen molar-refractivity contribution in [1.29, 1.82) is 0 Å². The van der Waals surface area contributed by atoms with Crippen LogP contribution in [0.4, 0.5) is 0 Å². The van der Waals surface area contributed by atoms with Crippen molar-refractivity contribution in [3.05, 3.63) is 12.2 Å². The lowest BCUT2D eigenvalue weighted by atomic mass is 10.3. The van der Waals surface area contributed by atoms with Gasteiger partial charge in [0.2, 0.25) is 0 Å². The van der Waals surface area contributed by atoms with E-state index in [1.807, 2.05) is 6.92 Å². The Kier molecular flexibility index (Phi) is 6.03. The Bertz CT molecular complexity index is 130. The molecule has 2 heteroatoms. The van der Waals surface area contributed by atoms with E-state index in [0.717, 1.165) is 19.6 Å². The molecule has 0 bridgehead atoms. The van der Waals surface area contributed by atoms with Gasteiger partial charge in [-0.3, -0.25) is 0 Å². The zero-order valence-corrected chi connectivity index (χ0v) is 8.85. The van der Waals surface area contributed by atoms with E-state index in [1.54, 1.807) is 0 Å². The Morgan fingerprint density at radius 1 is 1.50 bits per heavy atom. The van der Waals surface area contributed by atoms with E-state index in [9.17, 15) is 0 Å². The summed E-state index contributed by atoms with van der Waals surface area (Å²) in [5, 5.41) is 3.33. The number of rotatable bonds is 6. The molecule has 0 saturated carbocycles. The Labute approximate surface area is 76.6 Å². The smallest absolute Gasteiger partial charge is 0.0159 e. The quantitative estimate of drug-likeness (QED) is 0.480. The van der Waals surface area contributed by atoms with E-state index in [0.29, 0.717) is 6.04 Å². The highest BCUT2D eigenvalue weighted by molar-refractivity contribution is 4.90. The van der Waals surface area contributed by atoms with Gasteiger partial charge in [-0.1, -0.05) is 12.2 Å². The number of nitrogens with zero attached hydrogens (tertiary/aromatic N) is 1. The zero-order chi connectivity index (χ0) is 9.56. The molecule has 0 rings (SSSR count). The monoisotopic (exact) mass is 170 g/mol. The van der Waals surface area contributed by atoms with Gasteiger partial charge >= 0.3 is 0 Å². The summed E-state index contributed by atoms with van der Waals surface area (Å²) in [7, 11) is 2.15. The number of nitrogens with one attached hydrogen (secondary N) is 1. The molecule has 0 aliphatic carbocycles. The predicted molar refractivity (Wildman–Crippen MR) is 55.4 cm³/mol. The second kappa shape index (κ2) is 6.21. The van der Waals surface area contributed by atoms with Crippen LogP contribution in [0.2, 0.25) is 0 Å². The minimum Gasteiger partial charge on any atom is -0.312 e. The highest BCUT2D eigenvalue weighted by Gasteiger charge is 2.00. The first-order chi connectivity index (χ1) is 5.54. The van der Waals surface area contributed by atoms with Gasteiger partial charge in [-0.15, -0.1) is 0 Å². The van der Waals surface area contributed by atoms with Crippen molar-refractivity contribution in [2.24, 2.45) is 0 Å². The van der Waals surface area contributed by atoms with Gasteiger partial charge in [0.05, 0.1) is 0 Å². The molecule has 0 aromatic carbocycles. The van der Waals surface area contributed by atoms with Crippen molar-refractivity contribution < 1.29 is 0 Å². The largest absolute Gasteiger partial charge is 0.312 e. The van der Waals surface area contributed by atoms with E-state index in [2.05, 4.69) is 37.7 Å². The van der Waals surface area contributed by atoms with Gasteiger partial charge in [-0.05, 0) is 27.8 Å². The van der Waals surface area contributed by atoms with Crippen LogP contribution in [0, 0.1) is 0 Å². The summed E-state index contributed by atoms with van der Waals surface area (Å²) in [6.07, 6.45) is 0. The fraction of sp³-hybridized carbons (Fsp3) is 0.800. The van der Waals surface area contributed by atoms with Crippen molar-refractivity contribution in [2.45, 2.75) is 26.8 Å². The first-order valence-corrected chi connectivity index (χ1v) is 4.59. The molecule has 0 fully saturated rings. The molecule has 0 atom stereocenters. The summed E-state index contributed by atoms with van der Waals surface area (Å²) in [5.74, 6) is 0. The second-order valence-electron chi connectivity index (χ2n) is 3.71. The van der Waals surface area contributed by atoms with Gasteiger partial charge in [-0.2, -0.15) is 0 Å². The summed E-state index contributed by atoms with van der Waals surface area (Å²) < 4.78 is 0. The van der Waals surface area contributed by atoms with Gasteiger partial charge in [0.15, 0.2) is 0 Å². The first kappa shape index (κ1) is 11.7. The lowest BCUT2D eigenvalue weighted by Gasteiger charge is -2.20. The van der Waals surface area contributed by atoms with Crippen LogP contribution >= 0.6 is 0 Å². The van der Waals surface area contributed by atoms with E-state index in [-0.39, 0.29) is 0 Å². The Morgan fingerprint density at radius 2 is 2.08 bits per heavy atom. The summed E-state index contributed by atoms with van der Waals surface area (Å²) >= 11 is 0. The third-order valence-corrected chi connectivity index (χ3v) is 1.95. The SMILES string of the molecule is C=C(C)CNCCN(C)C(C)C. The Morgan fingerprint density at radius 3 is 2.50 bits per heavy atom. The van der Waals surface area contributed by atoms with Crippen molar-refractivity contribution in [3.8, 4) is 0 Å². The molecule has 0 radical (unpaired) electrons. The molecule has 0 unspecified atom stereocenters. The fourth-order valence-corrected chi connectivity index (χ4v) is 0.815. The molecule has 0 heterocycles. The molecule has 12 heavy (non-hydrogen) atoms. The fourth-order valence-electron chi connectivity index (χ4n) is 0.815. The molecule has 0 aliphatic rings. The zero-order valence-electron chi connectivity index (χ0n) is 8.85. The van der Waals surface area contributed by atoms with Gasteiger partial charge in [0.25, 0.3) is 0 Å². The minimum atomic E-state index is 0.636. The first-order valence-electron chi connectivity index (χ1n) is 4.59. The third-order valence-electron chi connectivity index (χ3n) is 1.95. The summed E-state index contributed by atoms with van der Waals surface area (Å²) in [4.78, 5) is 2.32. The maximum Gasteiger partial charge on any atom is 0.0159 e. The molecule has 0 aromatic heterocycles. The minimum absolute atomic E-state index is 0.636. The average Bonchev–Trinajstić information content (AvgIpc) is 1.97. The van der Waals surface area contributed by atoms with Crippen LogP contribution in [-0.4, -0.2) is 37.6 Å². The van der Waals surface area contributed by atoms with E-state index in [4.69, 9.17) is 0 Å². The van der Waals surface area contributed by atoms with Gasteiger partial charge in [-0.25, -0.2) is 0 Å². The molecule has 72 valence electrons. The molecule has 0 aliphatic heterocycles. The molecular formula is C10H22N2. The molecule has 0 amide bonds. The summed E-state index contributed by atoms with van der Waals surface area (Å²) in [5.41, 5.74) is 1.20. The van der Waals surface area contributed by atoms with Crippen molar-refractivity contribution >= 4 is 0 Å². The normalized spacial score (nSPS) is 11.2. The topological polar surface area (TPSA) is 15.3 Å². The van der Waals surface area contributed by atoms with Gasteiger partial charge in [0, 0.05) is 25.7 Å². The summed E-state index contributed by atoms with van der Waals surface area (Å²) in [6, 6.07) is 0.636. The van der Waals surface area contributed by atoms with Gasteiger partial charge < -0.3 is 10.2 Å². The second-order valence-corrected chi connectivity index (χ2v) is 3.71. The highest BCUT2D eigenvalue weighted by atomic mass is 15.1. The van der Waals surface area contributed by atoms with Crippen LogP contribution in [0.5, 0.6) is 0 Å². The standard InChI is InChI=1S/C10H22N2/c1-9(2)8-11-6-7-12(5)10(3)4/h10-11H,1,6-8H2,2-5H3. The lowest BCUT2D eigenvalue weighted by molar-refractivity contribution is 0.274. The highest BCUT2D eigenvalue weighted by Crippen LogP contribution is 1.90. The predicted octanol–water partition coefficient (Wildman–Crippen LogP) is 1.49. The van der Waals surface area contributed by atoms with E-state index < -0.39 is 0 Å². The number of hydrogen-bond acceptors (Lipinski definition) is 2. The average molecular weight is 170 g/mol. The van der Waals surface area contributed by atoms with Crippen LogP contribution in [0.3, 0.4) is 0 Å². The maximum atomic E-state index is 3.83. The van der Waals surface area contributed by atoms with Gasteiger partial charge in [0.1, 0.15) is 0 Å². The van der Waals surface area contributed by atoms with Crippen molar-refractivity contribution in [1.82, 2.24) is 10.2 Å². The number of hydrogen-bond donors (Lipinski definition) is 1. The lowest BCUT2D eigenvalue weighted by Crippen LogP contribution is -2.34. The van der Waals surface area contributed by atoms with Crippen LogP contribution in [-0.2, 0) is 0 Å². The van der Waals surface area contributed by atoms with Crippen LogP contribution < -0.4 is 5.32 Å².